The zero-order chi connectivity index (χ0) is 17.9. The Kier molecular flexibility index (Phi) is 4.78. The maximum absolute atomic E-state index is 8.92. The van der Waals surface area contributed by atoms with Crippen LogP contribution in [0.5, 0.6) is 11.5 Å². The highest BCUT2D eigenvalue weighted by molar-refractivity contribution is 6.23. The van der Waals surface area contributed by atoms with Crippen LogP contribution in [0.15, 0.2) is 48.5 Å². The van der Waals surface area contributed by atoms with E-state index in [1.165, 1.54) is 10.8 Å². The van der Waals surface area contributed by atoms with Gasteiger partial charge in [-0.2, -0.15) is 0 Å². The quantitative estimate of drug-likeness (QED) is 0.371. The van der Waals surface area contributed by atoms with Crippen LogP contribution in [0.2, 0.25) is 0 Å². The Balaban J connectivity index is 1.78. The van der Waals surface area contributed by atoms with Gasteiger partial charge in [0.15, 0.2) is 0 Å². The van der Waals surface area contributed by atoms with Gasteiger partial charge in [0.2, 0.25) is 0 Å². The number of ether oxygens (including phenoxy) is 2. The molecule has 0 unspecified atom stereocenters. The lowest BCUT2D eigenvalue weighted by Crippen LogP contribution is -2.00. The van der Waals surface area contributed by atoms with E-state index >= 15 is 0 Å². The standard InChI is InChI=1S/C22H22O4/c23-7-1-9-25-19-11-15-3-5-17-13-20(26-10-2-8-24)14-18-6-4-16(12-19)21(15)22(17)18/h3-6,11-14,23-24H,1-2,7-10H2. The molecule has 0 aromatic heterocycles. The molecule has 0 saturated heterocycles. The van der Waals surface area contributed by atoms with E-state index in [0.717, 1.165) is 33.0 Å². The SMILES string of the molecule is OCCCOc1cc2ccc3cc(OCCCO)cc4ccc(c1)c2c34. The molecule has 0 heterocycles. The second-order valence-electron chi connectivity index (χ2n) is 6.47. The van der Waals surface area contributed by atoms with Crippen molar-refractivity contribution in [2.75, 3.05) is 26.4 Å². The Bertz CT molecular complexity index is 875. The summed E-state index contributed by atoms with van der Waals surface area (Å²) >= 11 is 0. The summed E-state index contributed by atoms with van der Waals surface area (Å²) in [5.74, 6) is 1.66. The molecule has 0 aliphatic carbocycles. The van der Waals surface area contributed by atoms with E-state index in [9.17, 15) is 0 Å². The van der Waals surface area contributed by atoms with Crippen molar-refractivity contribution in [2.45, 2.75) is 12.8 Å². The van der Waals surface area contributed by atoms with Crippen molar-refractivity contribution in [2.24, 2.45) is 0 Å². The number of benzene rings is 4. The average molecular weight is 350 g/mol. The van der Waals surface area contributed by atoms with Gasteiger partial charge in [0.25, 0.3) is 0 Å². The summed E-state index contributed by atoms with van der Waals surface area (Å²) in [7, 11) is 0. The molecule has 0 amide bonds. The summed E-state index contributed by atoms with van der Waals surface area (Å²) in [4.78, 5) is 0. The van der Waals surface area contributed by atoms with Gasteiger partial charge in [0.05, 0.1) is 13.2 Å². The van der Waals surface area contributed by atoms with E-state index in [1.54, 1.807) is 0 Å². The van der Waals surface area contributed by atoms with Crippen molar-refractivity contribution in [3.05, 3.63) is 48.5 Å². The van der Waals surface area contributed by atoms with Crippen LogP contribution >= 0.6 is 0 Å². The molecule has 4 aromatic rings. The fourth-order valence-corrected chi connectivity index (χ4v) is 3.46. The van der Waals surface area contributed by atoms with E-state index in [-0.39, 0.29) is 13.2 Å². The fraction of sp³-hybridized carbons (Fsp3) is 0.273. The average Bonchev–Trinajstić information content (AvgIpc) is 2.66. The van der Waals surface area contributed by atoms with Gasteiger partial charge >= 0.3 is 0 Å². The van der Waals surface area contributed by atoms with E-state index in [1.807, 2.05) is 0 Å². The molecule has 4 aromatic carbocycles. The van der Waals surface area contributed by atoms with Crippen molar-refractivity contribution < 1.29 is 19.7 Å². The minimum Gasteiger partial charge on any atom is -0.493 e. The smallest absolute Gasteiger partial charge is 0.120 e. The summed E-state index contributed by atoms with van der Waals surface area (Å²) in [6, 6.07) is 16.7. The van der Waals surface area contributed by atoms with Crippen molar-refractivity contribution in [1.29, 1.82) is 0 Å². The summed E-state index contributed by atoms with van der Waals surface area (Å²) in [5, 5.41) is 24.9. The summed E-state index contributed by atoms with van der Waals surface area (Å²) in [5.41, 5.74) is 0. The lowest BCUT2D eigenvalue weighted by Gasteiger charge is -2.15. The summed E-state index contributed by atoms with van der Waals surface area (Å²) < 4.78 is 11.5. The second kappa shape index (κ2) is 7.36. The Morgan fingerprint density at radius 2 is 0.923 bits per heavy atom. The van der Waals surface area contributed by atoms with Crippen molar-refractivity contribution in [3.8, 4) is 11.5 Å². The second-order valence-corrected chi connectivity index (χ2v) is 6.47. The Hall–Kier alpha value is -2.56. The highest BCUT2D eigenvalue weighted by Gasteiger charge is 2.11. The number of hydrogen-bond acceptors (Lipinski definition) is 4. The van der Waals surface area contributed by atoms with E-state index in [2.05, 4.69) is 48.5 Å². The molecule has 0 radical (unpaired) electrons. The lowest BCUT2D eigenvalue weighted by atomic mass is 9.94. The molecular formula is C22H22O4. The normalized spacial score (nSPS) is 11.6. The highest BCUT2D eigenvalue weighted by atomic mass is 16.5. The van der Waals surface area contributed by atoms with Crippen LogP contribution in [0, 0.1) is 0 Å². The largest absolute Gasteiger partial charge is 0.493 e. The van der Waals surface area contributed by atoms with Crippen molar-refractivity contribution >= 4 is 32.3 Å². The zero-order valence-corrected chi connectivity index (χ0v) is 14.6. The third-order valence-electron chi connectivity index (χ3n) is 4.62. The minimum absolute atomic E-state index is 0.136. The molecule has 0 bridgehead atoms. The van der Waals surface area contributed by atoms with Crippen molar-refractivity contribution in [3.63, 3.8) is 0 Å². The molecular weight excluding hydrogens is 328 g/mol. The van der Waals surface area contributed by atoms with Gasteiger partial charge in [-0.25, -0.2) is 0 Å². The fourth-order valence-electron chi connectivity index (χ4n) is 3.46. The van der Waals surface area contributed by atoms with Crippen LogP contribution in [0.3, 0.4) is 0 Å². The molecule has 4 rings (SSSR count). The predicted octanol–water partition coefficient (Wildman–Crippen LogP) is 4.11. The number of hydrogen-bond donors (Lipinski definition) is 2. The van der Waals surface area contributed by atoms with Gasteiger partial charge < -0.3 is 19.7 Å². The molecule has 0 fully saturated rings. The molecule has 0 spiro atoms. The monoisotopic (exact) mass is 350 g/mol. The highest BCUT2D eigenvalue weighted by Crippen LogP contribution is 2.38. The summed E-state index contributed by atoms with van der Waals surface area (Å²) in [6.45, 7) is 1.30. The molecule has 2 N–H and O–H groups in total. The Labute approximate surface area is 151 Å². The van der Waals surface area contributed by atoms with Crippen molar-refractivity contribution in [1.82, 2.24) is 0 Å². The maximum atomic E-state index is 8.92. The molecule has 0 atom stereocenters. The maximum Gasteiger partial charge on any atom is 0.120 e. The van der Waals surface area contributed by atoms with Gasteiger partial charge in [0.1, 0.15) is 11.5 Å². The van der Waals surface area contributed by atoms with Crippen LogP contribution in [0.25, 0.3) is 32.3 Å². The third-order valence-corrected chi connectivity index (χ3v) is 4.62. The van der Waals surface area contributed by atoms with Gasteiger partial charge in [-0.15, -0.1) is 0 Å². The van der Waals surface area contributed by atoms with Gasteiger partial charge in [0, 0.05) is 26.1 Å². The Morgan fingerprint density at radius 1 is 0.577 bits per heavy atom. The molecule has 134 valence electrons. The van der Waals surface area contributed by atoms with Crippen LogP contribution in [0.4, 0.5) is 0 Å². The molecule has 26 heavy (non-hydrogen) atoms. The first-order valence-corrected chi connectivity index (χ1v) is 9.00. The van der Waals surface area contributed by atoms with Crippen LogP contribution in [0.1, 0.15) is 12.8 Å². The number of aliphatic hydroxyl groups excluding tert-OH is 2. The van der Waals surface area contributed by atoms with E-state index in [0.29, 0.717) is 26.1 Å². The molecule has 0 aliphatic rings. The van der Waals surface area contributed by atoms with Gasteiger partial charge in [-0.05, 0) is 56.6 Å². The van der Waals surface area contributed by atoms with Crippen LogP contribution < -0.4 is 9.47 Å². The van der Waals surface area contributed by atoms with Gasteiger partial charge in [-0.1, -0.05) is 24.3 Å². The number of rotatable bonds is 8. The molecule has 0 saturated carbocycles. The summed E-state index contributed by atoms with van der Waals surface area (Å²) in [6.07, 6.45) is 1.26. The first-order valence-electron chi connectivity index (χ1n) is 9.00. The third kappa shape index (κ3) is 3.14. The minimum atomic E-state index is 0.136. The first-order chi connectivity index (χ1) is 12.8. The molecule has 4 nitrogen and oxygen atoms in total. The topological polar surface area (TPSA) is 58.9 Å². The van der Waals surface area contributed by atoms with Crippen LogP contribution in [-0.2, 0) is 0 Å². The Morgan fingerprint density at radius 3 is 1.23 bits per heavy atom. The zero-order valence-electron chi connectivity index (χ0n) is 14.6. The van der Waals surface area contributed by atoms with Crippen LogP contribution in [-0.4, -0.2) is 36.6 Å². The number of aliphatic hydroxyl groups is 2. The van der Waals surface area contributed by atoms with E-state index < -0.39 is 0 Å². The molecule has 4 heteroatoms. The predicted molar refractivity (Wildman–Crippen MR) is 105 cm³/mol. The molecule has 0 aliphatic heterocycles. The van der Waals surface area contributed by atoms with Gasteiger partial charge in [-0.3, -0.25) is 0 Å². The first kappa shape index (κ1) is 16.9. The van der Waals surface area contributed by atoms with E-state index in [4.69, 9.17) is 19.7 Å². The lowest BCUT2D eigenvalue weighted by molar-refractivity contribution is 0.233.